The van der Waals surface area contributed by atoms with E-state index in [-0.39, 0.29) is 0 Å². The Kier molecular flexibility index (Phi) is 16.9. The van der Waals surface area contributed by atoms with E-state index in [2.05, 4.69) is 124 Å². The largest absolute Gasteiger partial charge is 0.494 e. The number of piperidine rings is 2. The molecule has 0 amide bonds. The highest BCUT2D eigenvalue weighted by Crippen LogP contribution is 2.27. The van der Waals surface area contributed by atoms with E-state index in [4.69, 9.17) is 22.8 Å². The van der Waals surface area contributed by atoms with Crippen LogP contribution in [0.1, 0.15) is 81.0 Å². The Morgan fingerprint density at radius 2 is 1.31 bits per heavy atom. The third-order valence-electron chi connectivity index (χ3n) is 11.1. The molecule has 2 fully saturated rings. The van der Waals surface area contributed by atoms with Gasteiger partial charge in [-0.25, -0.2) is 0 Å². The van der Waals surface area contributed by atoms with Crippen molar-refractivity contribution in [2.45, 2.75) is 83.8 Å². The SMILES string of the molecule is C#CCN(C)Cc1cc2cc(OCCCCC3CCN(Cc4ccccc4)CC3)ccc2n1C.ClCCCCC1CCN(Cc2ccccc2)CC1. The zero-order chi connectivity index (χ0) is 36.4. The molecule has 0 aliphatic carbocycles. The maximum atomic E-state index is 6.10. The van der Waals surface area contributed by atoms with Crippen molar-refractivity contribution in [3.05, 3.63) is 102 Å². The van der Waals surface area contributed by atoms with Gasteiger partial charge in [0.2, 0.25) is 0 Å². The van der Waals surface area contributed by atoms with Crippen LogP contribution >= 0.6 is 11.6 Å². The summed E-state index contributed by atoms with van der Waals surface area (Å²) in [6.07, 6.45) is 18.4. The summed E-state index contributed by atoms with van der Waals surface area (Å²) in [4.78, 5) is 7.35. The molecule has 2 aliphatic rings. The lowest BCUT2D eigenvalue weighted by Crippen LogP contribution is -2.33. The number of alkyl halides is 1. The normalized spacial score (nSPS) is 16.1. The fraction of sp³-hybridized carbons (Fsp3) is 0.522. The number of unbranched alkanes of at least 4 members (excludes halogenated alkanes) is 2. The van der Waals surface area contributed by atoms with Crippen LogP contribution in [0.5, 0.6) is 5.75 Å². The van der Waals surface area contributed by atoms with Crippen molar-refractivity contribution in [1.29, 1.82) is 0 Å². The number of likely N-dealkylation sites (tertiary alicyclic amines) is 2. The summed E-state index contributed by atoms with van der Waals surface area (Å²) in [5.74, 6) is 6.32. The van der Waals surface area contributed by atoms with Crippen LogP contribution in [-0.2, 0) is 26.7 Å². The number of nitrogens with zero attached hydrogens (tertiary/aromatic N) is 4. The first-order valence-corrected chi connectivity index (χ1v) is 20.5. The number of fused-ring (bicyclic) bond motifs is 1. The van der Waals surface area contributed by atoms with Crippen LogP contribution in [0.3, 0.4) is 0 Å². The molecular formula is C46H63ClN4O. The van der Waals surface area contributed by atoms with E-state index < -0.39 is 0 Å². The zero-order valence-electron chi connectivity index (χ0n) is 32.0. The topological polar surface area (TPSA) is 23.9 Å². The van der Waals surface area contributed by atoms with Crippen molar-refractivity contribution < 1.29 is 4.74 Å². The molecule has 0 radical (unpaired) electrons. The smallest absolute Gasteiger partial charge is 0.120 e. The molecule has 3 heterocycles. The van der Waals surface area contributed by atoms with E-state index >= 15 is 0 Å². The Hall–Kier alpha value is -3.27. The van der Waals surface area contributed by atoms with E-state index in [9.17, 15) is 0 Å². The number of hydrogen-bond acceptors (Lipinski definition) is 4. The Labute approximate surface area is 320 Å². The fourth-order valence-corrected chi connectivity index (χ4v) is 8.11. The lowest BCUT2D eigenvalue weighted by atomic mass is 9.91. The van der Waals surface area contributed by atoms with Gasteiger partial charge in [-0.3, -0.25) is 14.7 Å². The number of aromatic nitrogens is 1. The van der Waals surface area contributed by atoms with Crippen molar-refractivity contribution in [3.8, 4) is 18.1 Å². The van der Waals surface area contributed by atoms with Gasteiger partial charge >= 0.3 is 0 Å². The van der Waals surface area contributed by atoms with Gasteiger partial charge in [-0.15, -0.1) is 18.0 Å². The zero-order valence-corrected chi connectivity index (χ0v) is 32.8. The Balaban J connectivity index is 0.000000244. The van der Waals surface area contributed by atoms with Crippen LogP contribution in [0.25, 0.3) is 10.9 Å². The second-order valence-electron chi connectivity index (χ2n) is 15.2. The highest BCUT2D eigenvalue weighted by Gasteiger charge is 2.20. The Morgan fingerprint density at radius 3 is 1.85 bits per heavy atom. The molecule has 0 unspecified atom stereocenters. The molecule has 280 valence electrons. The van der Waals surface area contributed by atoms with Crippen LogP contribution in [0.2, 0.25) is 0 Å². The summed E-state index contributed by atoms with van der Waals surface area (Å²) in [6, 6.07) is 30.3. The minimum Gasteiger partial charge on any atom is -0.494 e. The third-order valence-corrected chi connectivity index (χ3v) is 11.4. The number of halogens is 1. The monoisotopic (exact) mass is 722 g/mol. The first kappa shape index (κ1) is 39.9. The Bertz CT molecular complexity index is 1600. The first-order chi connectivity index (χ1) is 25.5. The van der Waals surface area contributed by atoms with Gasteiger partial charge in [0.1, 0.15) is 5.75 Å². The molecule has 0 N–H and O–H groups in total. The van der Waals surface area contributed by atoms with Crippen LogP contribution in [-0.4, -0.2) is 71.5 Å². The van der Waals surface area contributed by atoms with Crippen molar-refractivity contribution in [1.82, 2.24) is 19.3 Å². The number of rotatable bonds is 17. The van der Waals surface area contributed by atoms with Crippen molar-refractivity contribution in [3.63, 3.8) is 0 Å². The summed E-state index contributed by atoms with van der Waals surface area (Å²) >= 11 is 5.72. The van der Waals surface area contributed by atoms with Gasteiger partial charge in [0.15, 0.2) is 0 Å². The van der Waals surface area contributed by atoms with Gasteiger partial charge in [-0.05, 0) is 125 Å². The standard InChI is InChI=1S/C30H39N3O.C16H24ClN/c1-4-17-31(2)24-28-21-27-22-29(13-14-30(27)32(28)3)34-20-9-8-10-25-15-18-33(19-16-25)23-26-11-6-5-7-12-26;17-11-5-4-6-15-9-12-18(13-10-15)14-16-7-2-1-3-8-16/h1,5-7,11-14,21-22,25H,8-10,15-20,23-24H2,2-3H3;1-3,7-8,15H,4-6,9-14H2. The van der Waals surface area contributed by atoms with Gasteiger partial charge in [-0.2, -0.15) is 0 Å². The quantitative estimate of drug-likeness (QED) is 0.0615. The predicted molar refractivity (Wildman–Crippen MR) is 221 cm³/mol. The molecule has 2 aliphatic heterocycles. The van der Waals surface area contributed by atoms with Gasteiger partial charge in [-0.1, -0.05) is 85.8 Å². The molecule has 0 atom stereocenters. The van der Waals surface area contributed by atoms with Crippen molar-refractivity contribution in [2.24, 2.45) is 18.9 Å². The predicted octanol–water partition coefficient (Wildman–Crippen LogP) is 10.0. The number of ether oxygens (including phenoxy) is 1. The molecule has 1 aromatic heterocycles. The molecule has 5 nitrogen and oxygen atoms in total. The van der Waals surface area contributed by atoms with E-state index in [1.54, 1.807) is 0 Å². The summed E-state index contributed by atoms with van der Waals surface area (Å²) in [5.41, 5.74) is 5.37. The molecule has 3 aromatic carbocycles. The molecular weight excluding hydrogens is 660 g/mol. The minimum atomic E-state index is 0.655. The maximum Gasteiger partial charge on any atom is 0.120 e. The summed E-state index contributed by atoms with van der Waals surface area (Å²) in [7, 11) is 4.17. The number of terminal acetylenes is 1. The first-order valence-electron chi connectivity index (χ1n) is 19.9. The Morgan fingerprint density at radius 1 is 0.750 bits per heavy atom. The molecule has 52 heavy (non-hydrogen) atoms. The van der Waals surface area contributed by atoms with Gasteiger partial charge in [0.25, 0.3) is 0 Å². The second-order valence-corrected chi connectivity index (χ2v) is 15.6. The molecule has 0 saturated carbocycles. The van der Waals surface area contributed by atoms with E-state index in [0.717, 1.165) is 56.1 Å². The molecule has 6 heteroatoms. The van der Waals surface area contributed by atoms with Crippen molar-refractivity contribution in [2.75, 3.05) is 52.3 Å². The highest BCUT2D eigenvalue weighted by molar-refractivity contribution is 6.17. The average Bonchev–Trinajstić information content (AvgIpc) is 3.47. The maximum absolute atomic E-state index is 6.10. The second kappa shape index (κ2) is 22.1. The molecule has 6 rings (SSSR count). The minimum absolute atomic E-state index is 0.655. The molecule has 4 aromatic rings. The lowest BCUT2D eigenvalue weighted by molar-refractivity contribution is 0.169. The van der Waals surface area contributed by atoms with E-state index in [1.807, 2.05) is 0 Å². The fourth-order valence-electron chi connectivity index (χ4n) is 7.92. The molecule has 2 saturated heterocycles. The van der Waals surface area contributed by atoms with E-state index in [0.29, 0.717) is 6.54 Å². The van der Waals surface area contributed by atoms with E-state index in [1.165, 1.54) is 112 Å². The van der Waals surface area contributed by atoms with Gasteiger partial charge in [0.05, 0.1) is 13.2 Å². The number of benzene rings is 3. The summed E-state index contributed by atoms with van der Waals surface area (Å²) in [5, 5.41) is 1.23. The third kappa shape index (κ3) is 13.3. The van der Waals surface area contributed by atoms with Gasteiger partial charge in [0, 0.05) is 49.2 Å². The summed E-state index contributed by atoms with van der Waals surface area (Å²) < 4.78 is 8.35. The van der Waals surface area contributed by atoms with Crippen LogP contribution in [0.4, 0.5) is 0 Å². The lowest BCUT2D eigenvalue weighted by Gasteiger charge is -2.32. The van der Waals surface area contributed by atoms with Crippen LogP contribution in [0.15, 0.2) is 84.9 Å². The highest BCUT2D eigenvalue weighted by atomic mass is 35.5. The van der Waals surface area contributed by atoms with Crippen LogP contribution < -0.4 is 4.74 Å². The van der Waals surface area contributed by atoms with Crippen molar-refractivity contribution >= 4 is 22.5 Å². The number of aryl methyl sites for hydroxylation is 1. The molecule has 0 spiro atoms. The number of hydrogen-bond donors (Lipinski definition) is 0. The average molecular weight is 723 g/mol. The van der Waals surface area contributed by atoms with Gasteiger partial charge < -0.3 is 9.30 Å². The summed E-state index contributed by atoms with van der Waals surface area (Å²) in [6.45, 7) is 9.50. The molecule has 0 bridgehead atoms. The van der Waals surface area contributed by atoms with Crippen LogP contribution in [0, 0.1) is 24.2 Å².